The molecule has 2 aliphatic rings. The lowest BCUT2D eigenvalue weighted by Crippen LogP contribution is -2.42. The smallest absolute Gasteiger partial charge is 0.237 e. The number of likely N-dealkylation sites (tertiary alicyclic amines) is 2. The highest BCUT2D eigenvalue weighted by molar-refractivity contribution is 5.93. The van der Waals surface area contributed by atoms with E-state index in [1.54, 1.807) is 4.90 Å². The third-order valence-corrected chi connectivity index (χ3v) is 5.91. The second-order valence-electron chi connectivity index (χ2n) is 7.54. The quantitative estimate of drug-likeness (QED) is 0.834. The average Bonchev–Trinajstić information content (AvgIpc) is 3.36. The van der Waals surface area contributed by atoms with E-state index in [4.69, 9.17) is 0 Å². The van der Waals surface area contributed by atoms with Crippen LogP contribution in [-0.2, 0) is 4.79 Å². The Hall–Kier alpha value is -2.65. The largest absolute Gasteiger partial charge is 0.370 e. The molecule has 4 rings (SSSR count). The summed E-state index contributed by atoms with van der Waals surface area (Å²) in [5.41, 5.74) is 1.21. The van der Waals surface area contributed by atoms with Gasteiger partial charge in [-0.05, 0) is 31.4 Å². The van der Waals surface area contributed by atoms with Gasteiger partial charge in [0, 0.05) is 61.6 Å². The van der Waals surface area contributed by atoms with Crippen LogP contribution in [0.5, 0.6) is 0 Å². The Morgan fingerprint density at radius 3 is 3.07 bits per heavy atom. The van der Waals surface area contributed by atoms with Crippen molar-refractivity contribution in [2.24, 2.45) is 0 Å². The highest BCUT2D eigenvalue weighted by Crippen LogP contribution is 2.29. The highest BCUT2D eigenvalue weighted by atomic mass is 16.2. The molecule has 1 amide bonds. The minimum absolute atomic E-state index is 0.0959. The van der Waals surface area contributed by atoms with Crippen LogP contribution in [0.25, 0.3) is 10.8 Å². The molecule has 0 spiro atoms. The molecule has 1 aromatic carbocycles. The molecule has 0 aliphatic carbocycles. The van der Waals surface area contributed by atoms with Crippen molar-refractivity contribution in [3.8, 4) is 6.07 Å². The molecule has 2 fully saturated rings. The number of fused-ring (bicyclic) bond motifs is 1. The van der Waals surface area contributed by atoms with Crippen molar-refractivity contribution in [1.29, 1.82) is 5.26 Å². The van der Waals surface area contributed by atoms with Gasteiger partial charge in [-0.15, -0.1) is 0 Å². The number of benzene rings is 1. The lowest BCUT2D eigenvalue weighted by atomic mass is 10.1. The van der Waals surface area contributed by atoms with Crippen LogP contribution in [0.3, 0.4) is 0 Å². The fraction of sp³-hybridized carbons (Fsp3) is 0.476. The number of nitriles is 1. The molecule has 6 nitrogen and oxygen atoms in total. The number of carbonyl (C=O) groups excluding carboxylic acids is 1. The number of nitrogens with zero attached hydrogens (tertiary/aromatic N) is 5. The lowest BCUT2D eigenvalue weighted by molar-refractivity contribution is -0.132. The van der Waals surface area contributed by atoms with Crippen molar-refractivity contribution in [2.75, 3.05) is 38.1 Å². The molecule has 0 unspecified atom stereocenters. The molecule has 1 aromatic heterocycles. The molecule has 0 radical (unpaired) electrons. The van der Waals surface area contributed by atoms with Gasteiger partial charge in [0.15, 0.2) is 0 Å². The number of amides is 1. The lowest BCUT2D eigenvalue weighted by Gasteiger charge is -2.28. The van der Waals surface area contributed by atoms with Gasteiger partial charge >= 0.3 is 0 Å². The fourth-order valence-corrected chi connectivity index (χ4v) is 4.36. The van der Waals surface area contributed by atoms with Crippen LogP contribution in [-0.4, -0.2) is 66.0 Å². The summed E-state index contributed by atoms with van der Waals surface area (Å²) in [6.07, 6.45) is 6.51. The molecule has 2 aromatic rings. The summed E-state index contributed by atoms with van der Waals surface area (Å²) < 4.78 is 0. The predicted molar refractivity (Wildman–Crippen MR) is 105 cm³/mol. The molecule has 140 valence electrons. The first-order valence-electron chi connectivity index (χ1n) is 9.64. The number of rotatable bonds is 4. The maximum Gasteiger partial charge on any atom is 0.237 e. The Morgan fingerprint density at radius 2 is 2.22 bits per heavy atom. The van der Waals surface area contributed by atoms with Crippen molar-refractivity contribution in [3.05, 3.63) is 36.7 Å². The zero-order valence-corrected chi connectivity index (χ0v) is 15.7. The van der Waals surface area contributed by atoms with Crippen LogP contribution in [0.4, 0.5) is 5.69 Å². The van der Waals surface area contributed by atoms with Gasteiger partial charge < -0.3 is 9.80 Å². The molecule has 2 aliphatic heterocycles. The maximum atomic E-state index is 12.6. The molecule has 0 N–H and O–H groups in total. The van der Waals surface area contributed by atoms with Gasteiger partial charge in [0.1, 0.15) is 6.04 Å². The monoisotopic (exact) mass is 363 g/mol. The van der Waals surface area contributed by atoms with Crippen LogP contribution < -0.4 is 4.90 Å². The number of likely N-dealkylation sites (N-methyl/N-ethyl adjacent to an activating group) is 1. The first-order chi connectivity index (χ1) is 13.2. The van der Waals surface area contributed by atoms with Gasteiger partial charge in [-0.1, -0.05) is 12.1 Å². The SMILES string of the molecule is CN(c1cccc2cnccc12)[C@H]1CCN(CC(=O)N2CCC[C@H]2C#N)C1. The average molecular weight is 363 g/mol. The minimum Gasteiger partial charge on any atom is -0.370 e. The summed E-state index contributed by atoms with van der Waals surface area (Å²) in [4.78, 5) is 23.1. The molecular weight excluding hydrogens is 338 g/mol. The van der Waals surface area contributed by atoms with Gasteiger partial charge in [-0.2, -0.15) is 5.26 Å². The van der Waals surface area contributed by atoms with Crippen molar-refractivity contribution >= 4 is 22.4 Å². The van der Waals surface area contributed by atoms with Crippen LogP contribution in [0.2, 0.25) is 0 Å². The minimum atomic E-state index is -0.233. The number of hydrogen-bond acceptors (Lipinski definition) is 5. The first-order valence-corrected chi connectivity index (χ1v) is 9.64. The van der Waals surface area contributed by atoms with Gasteiger partial charge in [0.2, 0.25) is 5.91 Å². The van der Waals surface area contributed by atoms with E-state index in [1.807, 2.05) is 12.4 Å². The van der Waals surface area contributed by atoms with Crippen LogP contribution in [0.15, 0.2) is 36.7 Å². The van der Waals surface area contributed by atoms with Crippen molar-refractivity contribution in [3.63, 3.8) is 0 Å². The Balaban J connectivity index is 1.42. The number of aromatic nitrogens is 1. The number of carbonyl (C=O) groups is 1. The molecule has 0 bridgehead atoms. The predicted octanol–water partition coefficient (Wildman–Crippen LogP) is 2.26. The Bertz CT molecular complexity index is 871. The molecule has 2 atom stereocenters. The standard InChI is InChI=1S/C21H25N5O/c1-24(20-6-2-4-16-13-23-9-7-19(16)20)18-8-11-25(14-18)15-21(27)26-10-3-5-17(26)12-22/h2,4,6-7,9,13,17-18H,3,5,8,10-11,14-15H2,1H3/t17-,18-/m0/s1. The molecule has 6 heteroatoms. The van der Waals surface area contributed by atoms with E-state index in [2.05, 4.69) is 52.2 Å². The van der Waals surface area contributed by atoms with E-state index in [1.165, 1.54) is 11.1 Å². The molecule has 3 heterocycles. The van der Waals surface area contributed by atoms with Crippen LogP contribution >= 0.6 is 0 Å². The maximum absolute atomic E-state index is 12.6. The second kappa shape index (κ2) is 7.53. The molecular formula is C21H25N5O. The highest BCUT2D eigenvalue weighted by Gasteiger charge is 2.32. The molecule has 27 heavy (non-hydrogen) atoms. The van der Waals surface area contributed by atoms with Gasteiger partial charge in [0.05, 0.1) is 12.6 Å². The summed E-state index contributed by atoms with van der Waals surface area (Å²) in [6, 6.07) is 10.8. The zero-order valence-electron chi connectivity index (χ0n) is 15.7. The van der Waals surface area contributed by atoms with E-state index < -0.39 is 0 Å². The van der Waals surface area contributed by atoms with E-state index >= 15 is 0 Å². The van der Waals surface area contributed by atoms with Crippen molar-refractivity contribution < 1.29 is 4.79 Å². The summed E-state index contributed by atoms with van der Waals surface area (Å²) in [7, 11) is 2.14. The van der Waals surface area contributed by atoms with Crippen molar-refractivity contribution in [2.45, 2.75) is 31.3 Å². The Kier molecular flexibility index (Phi) is 4.95. The number of pyridine rings is 1. The Labute approximate surface area is 160 Å². The third kappa shape index (κ3) is 3.47. The molecule has 2 saturated heterocycles. The normalized spacial score (nSPS) is 22.9. The zero-order chi connectivity index (χ0) is 18.8. The van der Waals surface area contributed by atoms with E-state index in [-0.39, 0.29) is 11.9 Å². The summed E-state index contributed by atoms with van der Waals surface area (Å²) in [5, 5.41) is 11.6. The fourth-order valence-electron chi connectivity index (χ4n) is 4.36. The summed E-state index contributed by atoms with van der Waals surface area (Å²) in [6.45, 7) is 2.92. The second-order valence-corrected chi connectivity index (χ2v) is 7.54. The van der Waals surface area contributed by atoms with E-state index in [0.717, 1.165) is 44.3 Å². The topological polar surface area (TPSA) is 63.5 Å². The van der Waals surface area contributed by atoms with Crippen LogP contribution in [0, 0.1) is 11.3 Å². The third-order valence-electron chi connectivity index (χ3n) is 5.91. The molecule has 0 saturated carbocycles. The van der Waals surface area contributed by atoms with Gasteiger partial charge in [-0.25, -0.2) is 0 Å². The Morgan fingerprint density at radius 1 is 1.33 bits per heavy atom. The van der Waals surface area contributed by atoms with Gasteiger partial charge in [0.25, 0.3) is 0 Å². The summed E-state index contributed by atoms with van der Waals surface area (Å²) >= 11 is 0. The van der Waals surface area contributed by atoms with E-state index in [9.17, 15) is 10.1 Å². The summed E-state index contributed by atoms with van der Waals surface area (Å²) in [5.74, 6) is 0.0959. The van der Waals surface area contributed by atoms with Crippen molar-refractivity contribution in [1.82, 2.24) is 14.8 Å². The number of anilines is 1. The first kappa shape index (κ1) is 17.7. The number of hydrogen-bond donors (Lipinski definition) is 0. The van der Waals surface area contributed by atoms with Crippen LogP contribution in [0.1, 0.15) is 19.3 Å². The van der Waals surface area contributed by atoms with Gasteiger partial charge in [-0.3, -0.25) is 14.7 Å². The van der Waals surface area contributed by atoms with E-state index in [0.29, 0.717) is 12.6 Å².